The van der Waals surface area contributed by atoms with Crippen molar-refractivity contribution < 1.29 is 4.11 Å². The van der Waals surface area contributed by atoms with E-state index in [4.69, 9.17) is 4.11 Å². The molecule has 0 aliphatic carbocycles. The molecule has 3 heterocycles. The van der Waals surface area contributed by atoms with Gasteiger partial charge >= 0.3 is 0 Å². The summed E-state index contributed by atoms with van der Waals surface area (Å²) in [7, 11) is -2.16. The molecular formula is C36H36N4Si. The van der Waals surface area contributed by atoms with Crippen LogP contribution in [0.4, 0.5) is 17.1 Å². The van der Waals surface area contributed by atoms with Crippen molar-refractivity contribution in [1.82, 2.24) is 9.55 Å². The van der Waals surface area contributed by atoms with Gasteiger partial charge in [-0.3, -0.25) is 4.57 Å². The molecular weight excluding hydrogens is 517 g/mol. The Morgan fingerprint density at radius 1 is 0.756 bits per heavy atom. The molecule has 0 saturated heterocycles. The number of nitrogens with zero attached hydrogens (tertiary/aromatic N) is 4. The molecule has 0 radical (unpaired) electrons. The largest absolute Gasteiger partial charge is 0.349 e. The number of benzene rings is 4. The second kappa shape index (κ2) is 9.63. The SMILES string of the molecule is [2H]C([2H])([2H])c1ccnc(-n2c3ccccc3c3ccc([Si](C)(C)c4cccc(N5CN(C(C)C)c6ccccc65)c4)cc32)c1. The lowest BCUT2D eigenvalue weighted by molar-refractivity contribution is 0.709. The lowest BCUT2D eigenvalue weighted by atomic mass is 10.1. The van der Waals surface area contributed by atoms with E-state index in [9.17, 15) is 0 Å². The summed E-state index contributed by atoms with van der Waals surface area (Å²) in [5.41, 5.74) is 6.07. The smallest absolute Gasteiger partial charge is 0.137 e. The van der Waals surface area contributed by atoms with E-state index in [0.29, 0.717) is 11.9 Å². The van der Waals surface area contributed by atoms with Crippen LogP contribution in [0, 0.1) is 6.85 Å². The van der Waals surface area contributed by atoms with Gasteiger partial charge in [-0.1, -0.05) is 78.1 Å². The average molecular weight is 556 g/mol. The van der Waals surface area contributed by atoms with Gasteiger partial charge in [-0.05, 0) is 74.8 Å². The summed E-state index contributed by atoms with van der Waals surface area (Å²) >= 11 is 0. The molecule has 7 rings (SSSR count). The van der Waals surface area contributed by atoms with Crippen molar-refractivity contribution in [3.63, 3.8) is 0 Å². The minimum Gasteiger partial charge on any atom is -0.349 e. The van der Waals surface area contributed by atoms with Crippen LogP contribution in [0.25, 0.3) is 27.6 Å². The quantitative estimate of drug-likeness (QED) is 0.204. The molecule has 2 aromatic heterocycles. The third kappa shape index (κ3) is 4.15. The summed E-state index contributed by atoms with van der Waals surface area (Å²) in [5, 5.41) is 4.93. The highest BCUT2D eigenvalue weighted by molar-refractivity contribution is 7.00. The maximum atomic E-state index is 7.98. The number of anilines is 3. The van der Waals surface area contributed by atoms with Crippen molar-refractivity contribution in [2.75, 3.05) is 16.5 Å². The van der Waals surface area contributed by atoms with Gasteiger partial charge in [-0.15, -0.1) is 0 Å². The lowest BCUT2D eigenvalue weighted by Crippen LogP contribution is -2.53. The van der Waals surface area contributed by atoms with Gasteiger partial charge in [0.1, 0.15) is 13.9 Å². The zero-order chi connectivity index (χ0) is 30.8. The first-order valence-corrected chi connectivity index (χ1v) is 17.3. The highest BCUT2D eigenvalue weighted by atomic mass is 28.3. The van der Waals surface area contributed by atoms with Gasteiger partial charge in [0.2, 0.25) is 0 Å². The van der Waals surface area contributed by atoms with Crippen molar-refractivity contribution in [2.24, 2.45) is 0 Å². The summed E-state index contributed by atoms with van der Waals surface area (Å²) in [6, 6.07) is 36.5. The fourth-order valence-electron chi connectivity index (χ4n) is 6.28. The molecule has 0 unspecified atom stereocenters. The topological polar surface area (TPSA) is 24.3 Å². The number of pyridine rings is 1. The standard InChI is InChI=1S/C36H36N4Si/c1-25(2)38-24-39(34-16-9-8-15-33(34)38)27-11-10-12-28(22-27)41(4,5)29-17-18-31-30-13-6-7-14-32(30)40(35(31)23-29)36-21-26(3)19-20-37-36/h6-23,25H,24H2,1-5H3/i3D3. The molecule has 1 aliphatic heterocycles. The van der Waals surface area contributed by atoms with Gasteiger partial charge in [-0.25, -0.2) is 4.98 Å². The van der Waals surface area contributed by atoms with Gasteiger partial charge in [0.25, 0.3) is 0 Å². The molecule has 5 heteroatoms. The predicted octanol–water partition coefficient (Wildman–Crippen LogP) is 7.63. The molecule has 0 fully saturated rings. The molecule has 0 spiro atoms. The summed E-state index contributed by atoms with van der Waals surface area (Å²) < 4.78 is 26.1. The molecule has 204 valence electrons. The zero-order valence-corrected chi connectivity index (χ0v) is 25.0. The first-order chi connectivity index (χ1) is 21.0. The second-order valence-corrected chi connectivity index (χ2v) is 16.2. The first-order valence-electron chi connectivity index (χ1n) is 15.8. The highest BCUT2D eigenvalue weighted by Gasteiger charge is 2.31. The van der Waals surface area contributed by atoms with E-state index >= 15 is 0 Å². The van der Waals surface area contributed by atoms with Crippen LogP contribution in [0.2, 0.25) is 13.1 Å². The van der Waals surface area contributed by atoms with Crippen LogP contribution in [-0.2, 0) is 0 Å². The third-order valence-corrected chi connectivity index (χ3v) is 12.2. The summed E-state index contributed by atoms with van der Waals surface area (Å²) in [6.45, 7) is 7.94. The Morgan fingerprint density at radius 3 is 2.34 bits per heavy atom. The van der Waals surface area contributed by atoms with Crippen molar-refractivity contribution in [2.45, 2.75) is 39.8 Å². The number of rotatable bonds is 5. The van der Waals surface area contributed by atoms with Gasteiger partial charge in [0, 0.05) is 32.8 Å². The Bertz CT molecular complexity index is 2030. The molecule has 0 N–H and O–H groups in total. The normalized spacial score (nSPS) is 14.9. The lowest BCUT2D eigenvalue weighted by Gasteiger charge is -2.28. The number of fused-ring (bicyclic) bond motifs is 4. The fourth-order valence-corrected chi connectivity index (χ4v) is 8.63. The van der Waals surface area contributed by atoms with Gasteiger partial charge in [0.15, 0.2) is 0 Å². The zero-order valence-electron chi connectivity index (χ0n) is 27.0. The van der Waals surface area contributed by atoms with Crippen LogP contribution in [0.5, 0.6) is 0 Å². The van der Waals surface area contributed by atoms with E-state index in [2.05, 4.69) is 125 Å². The number of aryl methyl sites for hydroxylation is 1. The first kappa shape index (κ1) is 22.3. The highest BCUT2D eigenvalue weighted by Crippen LogP contribution is 2.41. The van der Waals surface area contributed by atoms with Crippen molar-refractivity contribution in [3.05, 3.63) is 115 Å². The van der Waals surface area contributed by atoms with Crippen LogP contribution in [0.1, 0.15) is 23.5 Å². The molecule has 0 saturated carbocycles. The van der Waals surface area contributed by atoms with E-state index in [0.717, 1.165) is 28.5 Å². The molecule has 0 atom stereocenters. The van der Waals surface area contributed by atoms with Crippen LogP contribution >= 0.6 is 0 Å². The van der Waals surface area contributed by atoms with Crippen LogP contribution < -0.4 is 20.2 Å². The Hall–Kier alpha value is -4.35. The number of hydrogen-bond acceptors (Lipinski definition) is 3. The molecule has 41 heavy (non-hydrogen) atoms. The monoisotopic (exact) mass is 555 g/mol. The van der Waals surface area contributed by atoms with E-state index in [1.807, 2.05) is 12.1 Å². The maximum Gasteiger partial charge on any atom is 0.137 e. The second-order valence-electron chi connectivity index (χ2n) is 11.8. The molecule has 0 amide bonds. The van der Waals surface area contributed by atoms with Crippen LogP contribution in [0.3, 0.4) is 0 Å². The average Bonchev–Trinajstić information content (AvgIpc) is 3.57. The van der Waals surface area contributed by atoms with E-state index < -0.39 is 14.9 Å². The number of hydrogen-bond donors (Lipinski definition) is 0. The van der Waals surface area contributed by atoms with Crippen LogP contribution in [-0.4, -0.2) is 30.3 Å². The Kier molecular flexibility index (Phi) is 5.25. The Balaban J connectivity index is 1.34. The molecule has 4 nitrogen and oxygen atoms in total. The Labute approximate surface area is 247 Å². The molecule has 0 bridgehead atoms. The fraction of sp³-hybridized carbons (Fsp3) is 0.194. The summed E-state index contributed by atoms with van der Waals surface area (Å²) in [4.78, 5) is 9.53. The molecule has 6 aromatic rings. The van der Waals surface area contributed by atoms with Crippen molar-refractivity contribution in [3.8, 4) is 5.82 Å². The summed E-state index contributed by atoms with van der Waals surface area (Å²) in [5.74, 6) is 0.617. The van der Waals surface area contributed by atoms with E-state index in [1.165, 1.54) is 27.4 Å². The van der Waals surface area contributed by atoms with Gasteiger partial charge < -0.3 is 9.80 Å². The van der Waals surface area contributed by atoms with E-state index in [-0.39, 0.29) is 5.56 Å². The Morgan fingerprint density at radius 2 is 1.51 bits per heavy atom. The van der Waals surface area contributed by atoms with Crippen LogP contribution in [0.15, 0.2) is 109 Å². The van der Waals surface area contributed by atoms with Crippen molar-refractivity contribution >= 4 is 57.3 Å². The predicted molar refractivity (Wildman–Crippen MR) is 178 cm³/mol. The van der Waals surface area contributed by atoms with E-state index in [1.54, 1.807) is 18.3 Å². The number of para-hydroxylation sites is 3. The maximum absolute atomic E-state index is 7.98. The molecule has 4 aromatic carbocycles. The third-order valence-electron chi connectivity index (χ3n) is 8.65. The van der Waals surface area contributed by atoms with Gasteiger partial charge in [-0.2, -0.15) is 0 Å². The van der Waals surface area contributed by atoms with Crippen molar-refractivity contribution in [1.29, 1.82) is 0 Å². The number of aromatic nitrogens is 2. The summed E-state index contributed by atoms with van der Waals surface area (Å²) in [6.07, 6.45) is 1.60. The van der Waals surface area contributed by atoms with Gasteiger partial charge in [0.05, 0.1) is 29.1 Å². The minimum absolute atomic E-state index is 0.288. The molecule has 1 aliphatic rings. The minimum atomic E-state index is -2.20.